The first-order valence-electron chi connectivity index (χ1n) is 7.21. The van der Waals surface area contributed by atoms with Gasteiger partial charge in [-0.25, -0.2) is 4.79 Å². The molecule has 0 saturated heterocycles. The van der Waals surface area contributed by atoms with Gasteiger partial charge < -0.3 is 15.2 Å². The van der Waals surface area contributed by atoms with Crippen LogP contribution in [-0.2, 0) is 16.0 Å². The zero-order valence-electron chi connectivity index (χ0n) is 13.0. The van der Waals surface area contributed by atoms with Crippen LogP contribution in [0.3, 0.4) is 0 Å². The molecule has 2 N–H and O–H groups in total. The van der Waals surface area contributed by atoms with Crippen LogP contribution in [0.25, 0.3) is 0 Å². The van der Waals surface area contributed by atoms with E-state index in [0.29, 0.717) is 11.1 Å². The maximum atomic E-state index is 12.3. The van der Waals surface area contributed by atoms with E-state index < -0.39 is 17.9 Å². The number of phenolic OH excluding ortho intramolecular Hbond substituents is 1. The summed E-state index contributed by atoms with van der Waals surface area (Å²) in [5, 5.41) is 21.2. The first kappa shape index (κ1) is 17.0. The Labute approximate surface area is 139 Å². The van der Waals surface area contributed by atoms with E-state index in [9.17, 15) is 14.7 Å². The van der Waals surface area contributed by atoms with Gasteiger partial charge in [-0.2, -0.15) is 5.26 Å². The SMILES string of the molecule is COC(=O)[C@@H](Cc1ccccc1C#N)NC(=O)c1cccc(O)c1. The predicted molar refractivity (Wildman–Crippen MR) is 86.2 cm³/mol. The lowest BCUT2D eigenvalue weighted by Gasteiger charge is -2.17. The lowest BCUT2D eigenvalue weighted by Crippen LogP contribution is -2.43. The number of benzene rings is 2. The number of hydrogen-bond donors (Lipinski definition) is 2. The molecule has 122 valence electrons. The van der Waals surface area contributed by atoms with Crippen LogP contribution in [0, 0.1) is 11.3 Å². The van der Waals surface area contributed by atoms with E-state index in [1.807, 2.05) is 0 Å². The predicted octanol–water partition coefficient (Wildman–Crippen LogP) is 1.78. The Morgan fingerprint density at radius 1 is 1.25 bits per heavy atom. The molecule has 2 aromatic carbocycles. The van der Waals surface area contributed by atoms with E-state index >= 15 is 0 Å². The second-order valence-electron chi connectivity index (χ2n) is 5.07. The maximum Gasteiger partial charge on any atom is 0.328 e. The molecular weight excluding hydrogens is 308 g/mol. The van der Waals surface area contributed by atoms with E-state index in [1.54, 1.807) is 24.3 Å². The van der Waals surface area contributed by atoms with Crippen LogP contribution in [0.1, 0.15) is 21.5 Å². The van der Waals surface area contributed by atoms with E-state index in [4.69, 9.17) is 10.00 Å². The molecule has 2 rings (SSSR count). The smallest absolute Gasteiger partial charge is 0.328 e. The molecular formula is C18H16N2O4. The first-order chi connectivity index (χ1) is 11.5. The monoisotopic (exact) mass is 324 g/mol. The minimum atomic E-state index is -0.945. The number of methoxy groups -OCH3 is 1. The third kappa shape index (κ3) is 4.11. The third-order valence-corrected chi connectivity index (χ3v) is 3.46. The topological polar surface area (TPSA) is 99.4 Å². The number of phenols is 1. The van der Waals surface area contributed by atoms with Crippen LogP contribution >= 0.6 is 0 Å². The number of esters is 1. The first-order valence-corrected chi connectivity index (χ1v) is 7.21. The Bertz CT molecular complexity index is 796. The third-order valence-electron chi connectivity index (χ3n) is 3.46. The second-order valence-corrected chi connectivity index (χ2v) is 5.07. The van der Waals surface area contributed by atoms with E-state index in [0.717, 1.165) is 0 Å². The molecule has 0 bridgehead atoms. The highest BCUT2D eigenvalue weighted by Crippen LogP contribution is 2.13. The molecule has 0 fully saturated rings. The molecule has 0 spiro atoms. The van der Waals surface area contributed by atoms with Gasteiger partial charge in [0.15, 0.2) is 0 Å². The quantitative estimate of drug-likeness (QED) is 0.817. The fourth-order valence-corrected chi connectivity index (χ4v) is 2.25. The standard InChI is InChI=1S/C18H16N2O4/c1-24-18(23)16(10-12-5-2-3-6-14(12)11-19)20-17(22)13-7-4-8-15(21)9-13/h2-9,16,21H,10H2,1H3,(H,20,22)/t16-/m1/s1. The van der Waals surface area contributed by atoms with Gasteiger partial charge in [0.1, 0.15) is 11.8 Å². The minimum absolute atomic E-state index is 0.0490. The van der Waals surface area contributed by atoms with Gasteiger partial charge in [0.2, 0.25) is 0 Å². The molecule has 1 atom stereocenters. The normalized spacial score (nSPS) is 11.2. The van der Waals surface area contributed by atoms with Crippen molar-refractivity contribution in [2.24, 2.45) is 0 Å². The highest BCUT2D eigenvalue weighted by Gasteiger charge is 2.23. The average Bonchev–Trinajstić information content (AvgIpc) is 2.60. The van der Waals surface area contributed by atoms with Crippen molar-refractivity contribution < 1.29 is 19.4 Å². The van der Waals surface area contributed by atoms with Crippen molar-refractivity contribution in [1.82, 2.24) is 5.32 Å². The number of ether oxygens (including phenoxy) is 1. The molecule has 0 aliphatic carbocycles. The Kier molecular flexibility index (Phi) is 5.53. The summed E-state index contributed by atoms with van der Waals surface area (Å²) in [5.74, 6) is -1.18. The zero-order chi connectivity index (χ0) is 17.5. The van der Waals surface area contributed by atoms with Crippen molar-refractivity contribution in [3.05, 3.63) is 65.2 Å². The molecule has 0 aliphatic rings. The van der Waals surface area contributed by atoms with Crippen molar-refractivity contribution in [2.75, 3.05) is 7.11 Å². The zero-order valence-corrected chi connectivity index (χ0v) is 13.0. The van der Waals surface area contributed by atoms with Crippen molar-refractivity contribution in [1.29, 1.82) is 5.26 Å². The fraction of sp³-hybridized carbons (Fsp3) is 0.167. The summed E-state index contributed by atoms with van der Waals surface area (Å²) < 4.78 is 4.73. The number of hydrogen-bond acceptors (Lipinski definition) is 5. The number of amides is 1. The average molecular weight is 324 g/mol. The molecule has 0 aromatic heterocycles. The van der Waals surface area contributed by atoms with Crippen molar-refractivity contribution >= 4 is 11.9 Å². The van der Waals surface area contributed by atoms with E-state index in [2.05, 4.69) is 11.4 Å². The molecule has 0 heterocycles. The van der Waals surface area contributed by atoms with E-state index in [1.165, 1.54) is 31.4 Å². The molecule has 6 nitrogen and oxygen atoms in total. The molecule has 0 radical (unpaired) electrons. The van der Waals surface area contributed by atoms with Crippen LogP contribution in [0.4, 0.5) is 0 Å². The van der Waals surface area contributed by atoms with Gasteiger partial charge in [-0.1, -0.05) is 24.3 Å². The molecule has 0 aliphatic heterocycles. The Hall–Kier alpha value is -3.33. The van der Waals surface area contributed by atoms with Gasteiger partial charge in [0, 0.05) is 12.0 Å². The fourth-order valence-electron chi connectivity index (χ4n) is 2.25. The largest absolute Gasteiger partial charge is 0.508 e. The Morgan fingerprint density at radius 2 is 2.00 bits per heavy atom. The Morgan fingerprint density at radius 3 is 2.67 bits per heavy atom. The van der Waals surface area contributed by atoms with Gasteiger partial charge in [-0.15, -0.1) is 0 Å². The molecule has 0 saturated carbocycles. The van der Waals surface area contributed by atoms with Gasteiger partial charge >= 0.3 is 5.97 Å². The summed E-state index contributed by atoms with van der Waals surface area (Å²) in [6, 6.07) is 13.7. The number of carbonyl (C=O) groups excluding carboxylic acids is 2. The van der Waals surface area contributed by atoms with Crippen LogP contribution in [0.15, 0.2) is 48.5 Å². The Balaban J connectivity index is 2.22. The second kappa shape index (κ2) is 7.79. The van der Waals surface area contributed by atoms with Crippen molar-refractivity contribution in [3.8, 4) is 11.8 Å². The maximum absolute atomic E-state index is 12.3. The van der Waals surface area contributed by atoms with Crippen LogP contribution in [0.5, 0.6) is 5.75 Å². The van der Waals surface area contributed by atoms with E-state index in [-0.39, 0.29) is 17.7 Å². The van der Waals surface area contributed by atoms with Crippen molar-refractivity contribution in [2.45, 2.75) is 12.5 Å². The number of aromatic hydroxyl groups is 1. The van der Waals surface area contributed by atoms with Gasteiger partial charge in [0.05, 0.1) is 18.7 Å². The minimum Gasteiger partial charge on any atom is -0.508 e. The molecule has 2 aromatic rings. The van der Waals surface area contributed by atoms with Gasteiger partial charge in [-0.05, 0) is 29.8 Å². The van der Waals surface area contributed by atoms with Crippen molar-refractivity contribution in [3.63, 3.8) is 0 Å². The lowest BCUT2D eigenvalue weighted by molar-refractivity contribution is -0.142. The highest BCUT2D eigenvalue weighted by atomic mass is 16.5. The van der Waals surface area contributed by atoms with Gasteiger partial charge in [0.25, 0.3) is 5.91 Å². The summed E-state index contributed by atoms with van der Waals surface area (Å²) in [4.78, 5) is 24.3. The summed E-state index contributed by atoms with van der Waals surface area (Å²) in [5.41, 5.74) is 1.28. The molecule has 1 amide bonds. The summed E-state index contributed by atoms with van der Waals surface area (Å²) in [6.45, 7) is 0. The van der Waals surface area contributed by atoms with Gasteiger partial charge in [-0.3, -0.25) is 4.79 Å². The number of nitrogens with zero attached hydrogens (tertiary/aromatic N) is 1. The molecule has 0 unspecified atom stereocenters. The molecule has 24 heavy (non-hydrogen) atoms. The summed E-state index contributed by atoms with van der Waals surface area (Å²) in [6.07, 6.45) is 0.126. The molecule has 6 heteroatoms. The summed E-state index contributed by atoms with van der Waals surface area (Å²) in [7, 11) is 1.23. The lowest BCUT2D eigenvalue weighted by atomic mass is 10.0. The summed E-state index contributed by atoms with van der Waals surface area (Å²) >= 11 is 0. The number of carbonyl (C=O) groups is 2. The van der Waals surface area contributed by atoms with Crippen LogP contribution in [-0.4, -0.2) is 30.1 Å². The number of rotatable bonds is 5. The van der Waals surface area contributed by atoms with Crippen LogP contribution in [0.2, 0.25) is 0 Å². The number of nitrogens with one attached hydrogen (secondary N) is 1. The highest BCUT2D eigenvalue weighted by molar-refractivity contribution is 5.97. The number of nitriles is 1. The van der Waals surface area contributed by atoms with Crippen LogP contribution < -0.4 is 5.32 Å².